The van der Waals surface area contributed by atoms with E-state index < -0.39 is 0 Å². The molecule has 128 valence electrons. The molecule has 0 radical (unpaired) electrons. The van der Waals surface area contributed by atoms with E-state index in [0.717, 1.165) is 17.6 Å². The van der Waals surface area contributed by atoms with Crippen molar-refractivity contribution in [2.45, 2.75) is 6.42 Å². The largest absolute Gasteiger partial charge is 0.252 e. The van der Waals surface area contributed by atoms with Gasteiger partial charge < -0.3 is 0 Å². The van der Waals surface area contributed by atoms with Crippen molar-refractivity contribution in [3.05, 3.63) is 114 Å². The van der Waals surface area contributed by atoms with E-state index in [1.165, 1.54) is 32.8 Å². The lowest BCUT2D eigenvalue weighted by molar-refractivity contribution is 1.10. The summed E-state index contributed by atoms with van der Waals surface area (Å²) in [6, 6.07) is 36.3. The van der Waals surface area contributed by atoms with E-state index in [9.17, 15) is 0 Å². The number of pyridine rings is 1. The van der Waals surface area contributed by atoms with Crippen LogP contribution in [-0.2, 0) is 6.42 Å². The van der Waals surface area contributed by atoms with Crippen LogP contribution in [0.25, 0.3) is 32.8 Å². The molecule has 1 nitrogen and oxygen atoms in total. The molecule has 0 unspecified atom stereocenters. The molecule has 1 aromatic heterocycles. The molecule has 0 aliphatic carbocycles. The van der Waals surface area contributed by atoms with Gasteiger partial charge in [0.05, 0.1) is 11.2 Å². The smallest absolute Gasteiger partial charge is 0.0705 e. The molecule has 0 saturated heterocycles. The fourth-order valence-electron chi connectivity index (χ4n) is 3.77. The summed E-state index contributed by atoms with van der Waals surface area (Å²) < 4.78 is 0. The minimum atomic E-state index is 0.824. The zero-order valence-electron chi connectivity index (χ0n) is 15.0. The van der Waals surface area contributed by atoms with E-state index in [4.69, 9.17) is 4.98 Å². The van der Waals surface area contributed by atoms with E-state index >= 15 is 0 Å². The Bertz CT molecular complexity index is 1230. The third-order valence-corrected chi connectivity index (χ3v) is 5.10. The van der Waals surface area contributed by atoms with Gasteiger partial charge in [-0.05, 0) is 34.0 Å². The number of fused-ring (bicyclic) bond motifs is 2. The molecule has 0 N–H and O–H groups in total. The normalized spacial score (nSPS) is 11.1. The summed E-state index contributed by atoms with van der Waals surface area (Å²) in [6.07, 6.45) is 0.824. The molecule has 0 fully saturated rings. The SMILES string of the molecule is c1ccc(Cc2nc3ccccc3cc2-c2cccc3ccccc23)cc1. The van der Waals surface area contributed by atoms with Crippen LogP contribution in [0.15, 0.2) is 103 Å². The second-order valence-corrected chi connectivity index (χ2v) is 6.86. The summed E-state index contributed by atoms with van der Waals surface area (Å²) in [5, 5.41) is 3.71. The molecule has 27 heavy (non-hydrogen) atoms. The van der Waals surface area contributed by atoms with Gasteiger partial charge in [0.1, 0.15) is 0 Å². The second-order valence-electron chi connectivity index (χ2n) is 6.86. The van der Waals surface area contributed by atoms with Crippen molar-refractivity contribution < 1.29 is 0 Å². The first-order valence-corrected chi connectivity index (χ1v) is 9.29. The van der Waals surface area contributed by atoms with Crippen molar-refractivity contribution in [2.75, 3.05) is 0 Å². The fraction of sp³-hybridized carbons (Fsp3) is 0.0385. The van der Waals surface area contributed by atoms with Crippen molar-refractivity contribution in [1.82, 2.24) is 4.98 Å². The summed E-state index contributed by atoms with van der Waals surface area (Å²) in [4.78, 5) is 5.05. The lowest BCUT2D eigenvalue weighted by atomic mass is 9.93. The van der Waals surface area contributed by atoms with Crippen LogP contribution in [0, 0.1) is 0 Å². The Labute approximate surface area is 158 Å². The van der Waals surface area contributed by atoms with Gasteiger partial charge in [0.2, 0.25) is 0 Å². The number of aromatic nitrogens is 1. The van der Waals surface area contributed by atoms with Gasteiger partial charge in [-0.1, -0.05) is 91.0 Å². The first-order chi connectivity index (χ1) is 13.4. The van der Waals surface area contributed by atoms with Crippen LogP contribution in [0.2, 0.25) is 0 Å². The molecule has 0 aliphatic rings. The van der Waals surface area contributed by atoms with E-state index in [2.05, 4.69) is 103 Å². The van der Waals surface area contributed by atoms with Crippen molar-refractivity contribution in [1.29, 1.82) is 0 Å². The van der Waals surface area contributed by atoms with Gasteiger partial charge in [0.25, 0.3) is 0 Å². The van der Waals surface area contributed by atoms with Crippen LogP contribution in [0.5, 0.6) is 0 Å². The third-order valence-electron chi connectivity index (χ3n) is 5.10. The molecule has 1 heteroatoms. The summed E-state index contributed by atoms with van der Waals surface area (Å²) in [5.74, 6) is 0. The van der Waals surface area contributed by atoms with Crippen molar-refractivity contribution in [3.63, 3.8) is 0 Å². The molecule has 0 aliphatic heterocycles. The van der Waals surface area contributed by atoms with Gasteiger partial charge in [-0.3, -0.25) is 4.98 Å². The Morgan fingerprint density at radius 1 is 0.556 bits per heavy atom. The highest BCUT2D eigenvalue weighted by Gasteiger charge is 2.12. The average molecular weight is 345 g/mol. The fourth-order valence-corrected chi connectivity index (χ4v) is 3.77. The van der Waals surface area contributed by atoms with Gasteiger partial charge >= 0.3 is 0 Å². The topological polar surface area (TPSA) is 12.9 Å². The van der Waals surface area contributed by atoms with Crippen LogP contribution in [0.4, 0.5) is 0 Å². The maximum atomic E-state index is 5.05. The number of hydrogen-bond donors (Lipinski definition) is 0. The summed E-state index contributed by atoms with van der Waals surface area (Å²) in [6.45, 7) is 0. The number of nitrogens with zero attached hydrogens (tertiary/aromatic N) is 1. The monoisotopic (exact) mass is 345 g/mol. The highest BCUT2D eigenvalue weighted by atomic mass is 14.7. The maximum absolute atomic E-state index is 5.05. The summed E-state index contributed by atoms with van der Waals surface area (Å²) in [7, 11) is 0. The zero-order valence-corrected chi connectivity index (χ0v) is 15.0. The van der Waals surface area contributed by atoms with Gasteiger partial charge in [0.15, 0.2) is 0 Å². The highest BCUT2D eigenvalue weighted by molar-refractivity contribution is 5.99. The number of rotatable bonds is 3. The van der Waals surface area contributed by atoms with Crippen LogP contribution in [0.3, 0.4) is 0 Å². The van der Waals surface area contributed by atoms with E-state index in [-0.39, 0.29) is 0 Å². The first-order valence-electron chi connectivity index (χ1n) is 9.29. The van der Waals surface area contributed by atoms with Gasteiger partial charge in [0, 0.05) is 17.4 Å². The summed E-state index contributed by atoms with van der Waals surface area (Å²) >= 11 is 0. The van der Waals surface area contributed by atoms with Gasteiger partial charge in [-0.25, -0.2) is 0 Å². The van der Waals surface area contributed by atoms with E-state index in [0.29, 0.717) is 0 Å². The summed E-state index contributed by atoms with van der Waals surface area (Å²) in [5.41, 5.74) is 5.91. The molecule has 4 aromatic carbocycles. The van der Waals surface area contributed by atoms with Crippen LogP contribution < -0.4 is 0 Å². The molecule has 0 bridgehead atoms. The van der Waals surface area contributed by atoms with E-state index in [1.54, 1.807) is 0 Å². The van der Waals surface area contributed by atoms with Gasteiger partial charge in [-0.2, -0.15) is 0 Å². The Morgan fingerprint density at radius 3 is 2.15 bits per heavy atom. The Balaban J connectivity index is 1.77. The Kier molecular flexibility index (Phi) is 3.91. The van der Waals surface area contributed by atoms with Crippen molar-refractivity contribution >= 4 is 21.7 Å². The van der Waals surface area contributed by atoms with Gasteiger partial charge in [-0.15, -0.1) is 0 Å². The molecule has 0 atom stereocenters. The molecular formula is C26H19N. The highest BCUT2D eigenvalue weighted by Crippen LogP contribution is 2.33. The lowest BCUT2D eigenvalue weighted by Crippen LogP contribution is -1.98. The molecule has 0 spiro atoms. The quantitative estimate of drug-likeness (QED) is 0.357. The Hall–Kier alpha value is -3.45. The lowest BCUT2D eigenvalue weighted by Gasteiger charge is -2.13. The van der Waals surface area contributed by atoms with Crippen molar-refractivity contribution in [2.24, 2.45) is 0 Å². The van der Waals surface area contributed by atoms with Crippen LogP contribution >= 0.6 is 0 Å². The minimum Gasteiger partial charge on any atom is -0.252 e. The number of benzene rings is 4. The average Bonchev–Trinajstić information content (AvgIpc) is 2.74. The van der Waals surface area contributed by atoms with E-state index in [1.807, 2.05) is 0 Å². The predicted octanol–water partition coefficient (Wildman–Crippen LogP) is 6.65. The molecular weight excluding hydrogens is 326 g/mol. The molecule has 1 heterocycles. The number of hydrogen-bond acceptors (Lipinski definition) is 1. The molecule has 0 saturated carbocycles. The Morgan fingerprint density at radius 2 is 1.26 bits per heavy atom. The first kappa shape index (κ1) is 15.8. The minimum absolute atomic E-state index is 0.824. The van der Waals surface area contributed by atoms with Crippen molar-refractivity contribution in [3.8, 4) is 11.1 Å². The third kappa shape index (κ3) is 2.98. The molecule has 5 rings (SSSR count). The maximum Gasteiger partial charge on any atom is 0.0705 e. The van der Waals surface area contributed by atoms with Crippen LogP contribution in [0.1, 0.15) is 11.3 Å². The molecule has 5 aromatic rings. The number of para-hydroxylation sites is 1. The molecule has 0 amide bonds. The predicted molar refractivity (Wildman–Crippen MR) is 114 cm³/mol. The zero-order chi connectivity index (χ0) is 18.1. The standard InChI is InChI=1S/C26H19N/c1-2-9-19(10-3-1)17-26-24(18-21-12-5-7-16-25(21)27-26)23-15-8-13-20-11-4-6-14-22(20)23/h1-16,18H,17H2. The van der Waals surface area contributed by atoms with Crippen LogP contribution in [-0.4, -0.2) is 4.98 Å². The second kappa shape index (κ2) is 6.69.